The van der Waals surface area contributed by atoms with Crippen molar-refractivity contribution in [2.45, 2.75) is 31.2 Å². The maximum Gasteiger partial charge on any atom is 0.243 e. The highest BCUT2D eigenvalue weighted by Crippen LogP contribution is 2.20. The highest BCUT2D eigenvalue weighted by Gasteiger charge is 2.22. The van der Waals surface area contributed by atoms with E-state index in [0.29, 0.717) is 17.3 Å². The van der Waals surface area contributed by atoms with Crippen LogP contribution in [0.2, 0.25) is 0 Å². The Hall–Kier alpha value is -2.52. The van der Waals surface area contributed by atoms with Crippen molar-refractivity contribution in [3.63, 3.8) is 0 Å². The monoisotopic (exact) mass is 378 g/mol. The topological polar surface area (TPSA) is 131 Å². The first kappa shape index (κ1) is 19.8. The van der Waals surface area contributed by atoms with Crippen LogP contribution in [0, 0.1) is 5.92 Å². The van der Waals surface area contributed by atoms with Gasteiger partial charge in [-0.3, -0.25) is 14.6 Å². The number of para-hydroxylation sites is 1. The van der Waals surface area contributed by atoms with Crippen LogP contribution in [0.25, 0.3) is 10.9 Å². The number of pyridine rings is 1. The van der Waals surface area contributed by atoms with E-state index in [0.717, 1.165) is 0 Å². The number of fused-ring (bicyclic) bond motifs is 1. The zero-order valence-corrected chi connectivity index (χ0v) is 15.4. The number of nitrogens with two attached hydrogens (primary N) is 1. The van der Waals surface area contributed by atoms with Crippen molar-refractivity contribution in [2.75, 3.05) is 6.54 Å². The third-order valence-electron chi connectivity index (χ3n) is 3.69. The summed E-state index contributed by atoms with van der Waals surface area (Å²) >= 11 is 0. The molecule has 4 N–H and O–H groups in total. The molecule has 1 heterocycles. The highest BCUT2D eigenvalue weighted by molar-refractivity contribution is 7.89. The number of primary amides is 1. The minimum Gasteiger partial charge on any atom is -0.368 e. The van der Waals surface area contributed by atoms with E-state index >= 15 is 0 Å². The molecule has 1 unspecified atom stereocenters. The SMILES string of the molecule is CC(C)CC(NC(=O)CNS(=O)(=O)c1cccc2cccnc12)C(N)=O. The normalized spacial score (nSPS) is 12.9. The lowest BCUT2D eigenvalue weighted by atomic mass is 10.0. The van der Waals surface area contributed by atoms with E-state index < -0.39 is 34.4 Å². The van der Waals surface area contributed by atoms with E-state index in [-0.39, 0.29) is 10.8 Å². The first-order valence-electron chi connectivity index (χ1n) is 8.13. The zero-order valence-electron chi connectivity index (χ0n) is 14.6. The second kappa shape index (κ2) is 8.24. The van der Waals surface area contributed by atoms with Crippen LogP contribution in [-0.2, 0) is 19.6 Å². The van der Waals surface area contributed by atoms with Gasteiger partial charge in [-0.15, -0.1) is 0 Å². The van der Waals surface area contributed by atoms with Crippen molar-refractivity contribution < 1.29 is 18.0 Å². The average Bonchev–Trinajstić information content (AvgIpc) is 2.58. The Labute approximate surface area is 152 Å². The van der Waals surface area contributed by atoms with Crippen molar-refractivity contribution in [1.29, 1.82) is 0 Å². The van der Waals surface area contributed by atoms with Gasteiger partial charge in [0.2, 0.25) is 21.8 Å². The molecule has 0 aliphatic rings. The van der Waals surface area contributed by atoms with E-state index in [9.17, 15) is 18.0 Å². The molecule has 0 aliphatic heterocycles. The number of amides is 2. The van der Waals surface area contributed by atoms with Gasteiger partial charge in [0.05, 0.1) is 12.1 Å². The van der Waals surface area contributed by atoms with Gasteiger partial charge in [-0.05, 0) is 24.5 Å². The van der Waals surface area contributed by atoms with Gasteiger partial charge in [-0.2, -0.15) is 0 Å². The molecule has 2 rings (SSSR count). The Morgan fingerprint density at radius 3 is 2.54 bits per heavy atom. The second-order valence-electron chi connectivity index (χ2n) is 6.31. The molecule has 0 radical (unpaired) electrons. The second-order valence-corrected chi connectivity index (χ2v) is 8.04. The van der Waals surface area contributed by atoms with Gasteiger partial charge in [0.1, 0.15) is 10.9 Å². The summed E-state index contributed by atoms with van der Waals surface area (Å²) in [4.78, 5) is 27.5. The molecule has 1 aromatic carbocycles. The molecule has 0 saturated heterocycles. The minimum atomic E-state index is -3.95. The summed E-state index contributed by atoms with van der Waals surface area (Å²) in [6.45, 7) is 3.27. The molecule has 0 fully saturated rings. The number of carbonyl (C=O) groups is 2. The lowest BCUT2D eigenvalue weighted by Crippen LogP contribution is -2.48. The summed E-state index contributed by atoms with van der Waals surface area (Å²) < 4.78 is 27.3. The quantitative estimate of drug-likeness (QED) is 0.616. The fourth-order valence-electron chi connectivity index (χ4n) is 2.49. The maximum absolute atomic E-state index is 12.5. The van der Waals surface area contributed by atoms with Gasteiger partial charge in [-0.1, -0.05) is 32.0 Å². The van der Waals surface area contributed by atoms with Crippen LogP contribution >= 0.6 is 0 Å². The van der Waals surface area contributed by atoms with Gasteiger partial charge in [0.25, 0.3) is 0 Å². The third kappa shape index (κ3) is 4.99. The molecule has 140 valence electrons. The molecular weight excluding hydrogens is 356 g/mol. The Bertz CT molecular complexity index is 907. The van der Waals surface area contributed by atoms with Crippen LogP contribution in [-0.4, -0.2) is 37.8 Å². The molecule has 26 heavy (non-hydrogen) atoms. The van der Waals surface area contributed by atoms with Crippen LogP contribution in [0.3, 0.4) is 0 Å². The number of nitrogens with zero attached hydrogens (tertiary/aromatic N) is 1. The average molecular weight is 378 g/mol. The summed E-state index contributed by atoms with van der Waals surface area (Å²) in [6, 6.07) is 7.38. The number of carbonyl (C=O) groups excluding carboxylic acids is 2. The van der Waals surface area contributed by atoms with E-state index in [4.69, 9.17) is 5.73 Å². The van der Waals surface area contributed by atoms with Crippen molar-refractivity contribution in [1.82, 2.24) is 15.0 Å². The predicted octanol–water partition coefficient (Wildman–Crippen LogP) is 0.529. The van der Waals surface area contributed by atoms with Gasteiger partial charge < -0.3 is 11.1 Å². The smallest absolute Gasteiger partial charge is 0.243 e. The van der Waals surface area contributed by atoms with Gasteiger partial charge in [-0.25, -0.2) is 13.1 Å². The van der Waals surface area contributed by atoms with Gasteiger partial charge >= 0.3 is 0 Å². The Balaban J connectivity index is 2.10. The van der Waals surface area contributed by atoms with Gasteiger partial charge in [0, 0.05) is 11.6 Å². The number of sulfonamides is 1. The molecule has 0 saturated carbocycles. The van der Waals surface area contributed by atoms with Crippen molar-refractivity contribution in [2.24, 2.45) is 11.7 Å². The van der Waals surface area contributed by atoms with Crippen LogP contribution in [0.4, 0.5) is 0 Å². The van der Waals surface area contributed by atoms with E-state index in [1.807, 2.05) is 13.8 Å². The van der Waals surface area contributed by atoms with Crippen molar-refractivity contribution in [3.8, 4) is 0 Å². The Kier molecular flexibility index (Phi) is 6.27. The van der Waals surface area contributed by atoms with Crippen LogP contribution < -0.4 is 15.8 Å². The summed E-state index contributed by atoms with van der Waals surface area (Å²) in [5, 5.41) is 3.12. The molecule has 0 spiro atoms. The lowest BCUT2D eigenvalue weighted by Gasteiger charge is -2.17. The van der Waals surface area contributed by atoms with E-state index in [2.05, 4.69) is 15.0 Å². The molecule has 8 nitrogen and oxygen atoms in total. The first-order valence-corrected chi connectivity index (χ1v) is 9.61. The largest absolute Gasteiger partial charge is 0.368 e. The minimum absolute atomic E-state index is 0.0166. The summed E-state index contributed by atoms with van der Waals surface area (Å²) in [6.07, 6.45) is 1.87. The summed E-state index contributed by atoms with van der Waals surface area (Å²) in [7, 11) is -3.95. The van der Waals surface area contributed by atoms with Gasteiger partial charge in [0.15, 0.2) is 0 Å². The lowest BCUT2D eigenvalue weighted by molar-refractivity contribution is -0.127. The molecule has 2 amide bonds. The number of benzene rings is 1. The van der Waals surface area contributed by atoms with E-state index in [1.165, 1.54) is 12.3 Å². The Morgan fingerprint density at radius 1 is 1.19 bits per heavy atom. The summed E-state index contributed by atoms with van der Waals surface area (Å²) in [5.74, 6) is -1.15. The van der Waals surface area contributed by atoms with Crippen molar-refractivity contribution >= 4 is 32.7 Å². The molecule has 9 heteroatoms. The standard InChI is InChI=1S/C17H22N4O4S/c1-11(2)9-13(17(18)23)21-15(22)10-20-26(24,25)14-7-3-5-12-6-4-8-19-16(12)14/h3-8,11,13,20H,9-10H2,1-2H3,(H2,18,23)(H,21,22). The number of rotatable bonds is 8. The predicted molar refractivity (Wildman–Crippen MR) is 97.5 cm³/mol. The molecule has 2 aromatic rings. The van der Waals surface area contributed by atoms with E-state index in [1.54, 1.807) is 24.3 Å². The molecule has 0 aliphatic carbocycles. The molecule has 1 aromatic heterocycles. The molecular formula is C17H22N4O4S. The van der Waals surface area contributed by atoms with Crippen LogP contribution in [0.5, 0.6) is 0 Å². The fraction of sp³-hybridized carbons (Fsp3) is 0.353. The molecule has 0 bridgehead atoms. The van der Waals surface area contributed by atoms with Crippen LogP contribution in [0.1, 0.15) is 20.3 Å². The highest BCUT2D eigenvalue weighted by atomic mass is 32.2. The van der Waals surface area contributed by atoms with Crippen molar-refractivity contribution in [3.05, 3.63) is 36.5 Å². The zero-order chi connectivity index (χ0) is 19.3. The fourth-order valence-corrected chi connectivity index (χ4v) is 3.65. The number of aromatic nitrogens is 1. The van der Waals surface area contributed by atoms with Crippen LogP contribution in [0.15, 0.2) is 41.4 Å². The first-order chi connectivity index (χ1) is 12.2. The molecule has 1 atom stereocenters. The maximum atomic E-state index is 12.5. The Morgan fingerprint density at radius 2 is 1.88 bits per heavy atom. The number of hydrogen-bond donors (Lipinski definition) is 3. The third-order valence-corrected chi connectivity index (χ3v) is 5.13. The summed E-state index contributed by atoms with van der Waals surface area (Å²) in [5.41, 5.74) is 5.59. The number of hydrogen-bond acceptors (Lipinski definition) is 5. The number of nitrogens with one attached hydrogen (secondary N) is 2.